The van der Waals surface area contributed by atoms with Gasteiger partial charge in [-0.3, -0.25) is 0 Å². The minimum atomic E-state index is 0.800. The van der Waals surface area contributed by atoms with Crippen LogP contribution in [0.25, 0.3) is 0 Å². The minimum Gasteiger partial charge on any atom is -0.457 e. The number of rotatable bonds is 5. The SMILES string of the molecule is Cc1ccc(Oc2cccc(NCc3ccccc3)c2)cc1. The van der Waals surface area contributed by atoms with Crippen molar-refractivity contribution in [3.63, 3.8) is 0 Å². The van der Waals surface area contributed by atoms with Gasteiger partial charge in [-0.2, -0.15) is 0 Å². The molecule has 1 N–H and O–H groups in total. The van der Waals surface area contributed by atoms with Gasteiger partial charge in [-0.05, 0) is 36.8 Å². The molecule has 2 heteroatoms. The van der Waals surface area contributed by atoms with E-state index in [-0.39, 0.29) is 0 Å². The molecule has 0 spiro atoms. The molecule has 0 aliphatic carbocycles. The molecule has 0 bridgehead atoms. The van der Waals surface area contributed by atoms with Gasteiger partial charge in [0.1, 0.15) is 11.5 Å². The van der Waals surface area contributed by atoms with Crippen LogP contribution in [0.4, 0.5) is 5.69 Å². The number of benzene rings is 3. The zero-order valence-corrected chi connectivity index (χ0v) is 12.6. The summed E-state index contributed by atoms with van der Waals surface area (Å²) in [6.45, 7) is 2.87. The molecule has 3 aromatic rings. The summed E-state index contributed by atoms with van der Waals surface area (Å²) in [7, 11) is 0. The van der Waals surface area contributed by atoms with Crippen molar-refractivity contribution < 1.29 is 4.74 Å². The standard InChI is InChI=1S/C20H19NO/c1-16-10-12-19(13-11-16)22-20-9-5-8-18(14-20)21-15-17-6-3-2-4-7-17/h2-14,21H,15H2,1H3. The predicted octanol–water partition coefficient (Wildman–Crippen LogP) is 5.40. The summed E-state index contributed by atoms with van der Waals surface area (Å²) in [5.74, 6) is 1.69. The summed E-state index contributed by atoms with van der Waals surface area (Å²) in [6.07, 6.45) is 0. The second-order valence-electron chi connectivity index (χ2n) is 5.28. The maximum atomic E-state index is 5.89. The van der Waals surface area contributed by atoms with Gasteiger partial charge in [0, 0.05) is 18.3 Å². The zero-order valence-electron chi connectivity index (χ0n) is 12.6. The topological polar surface area (TPSA) is 21.3 Å². The van der Waals surface area contributed by atoms with Crippen LogP contribution >= 0.6 is 0 Å². The van der Waals surface area contributed by atoms with Crippen molar-refractivity contribution in [2.24, 2.45) is 0 Å². The van der Waals surface area contributed by atoms with Crippen LogP contribution < -0.4 is 10.1 Å². The Balaban J connectivity index is 1.66. The first-order valence-electron chi connectivity index (χ1n) is 7.42. The molecule has 0 unspecified atom stereocenters. The number of nitrogens with one attached hydrogen (secondary N) is 1. The monoisotopic (exact) mass is 289 g/mol. The lowest BCUT2D eigenvalue weighted by atomic mass is 10.2. The molecule has 0 heterocycles. The minimum absolute atomic E-state index is 0.800. The molecule has 0 atom stereocenters. The predicted molar refractivity (Wildman–Crippen MR) is 91.5 cm³/mol. The number of hydrogen-bond donors (Lipinski definition) is 1. The van der Waals surface area contributed by atoms with Crippen LogP contribution in [0.1, 0.15) is 11.1 Å². The van der Waals surface area contributed by atoms with Gasteiger partial charge in [0.15, 0.2) is 0 Å². The van der Waals surface area contributed by atoms with E-state index in [4.69, 9.17) is 4.74 Å². The molecule has 0 aliphatic rings. The second kappa shape index (κ2) is 6.81. The van der Waals surface area contributed by atoms with Crippen molar-refractivity contribution in [2.45, 2.75) is 13.5 Å². The van der Waals surface area contributed by atoms with E-state index in [0.717, 1.165) is 23.7 Å². The molecule has 0 fully saturated rings. The van der Waals surface area contributed by atoms with Crippen molar-refractivity contribution in [2.75, 3.05) is 5.32 Å². The molecule has 0 aromatic heterocycles. The molecule has 0 saturated carbocycles. The van der Waals surface area contributed by atoms with Gasteiger partial charge in [0.25, 0.3) is 0 Å². The maximum Gasteiger partial charge on any atom is 0.129 e. The van der Waals surface area contributed by atoms with E-state index in [1.807, 2.05) is 66.7 Å². The molecule has 3 aromatic carbocycles. The van der Waals surface area contributed by atoms with E-state index in [1.165, 1.54) is 11.1 Å². The Kier molecular flexibility index (Phi) is 4.40. The average molecular weight is 289 g/mol. The maximum absolute atomic E-state index is 5.89. The lowest BCUT2D eigenvalue weighted by molar-refractivity contribution is 0.483. The van der Waals surface area contributed by atoms with Gasteiger partial charge in [-0.1, -0.05) is 54.1 Å². The Morgan fingerprint density at radius 2 is 1.55 bits per heavy atom. The third-order valence-electron chi connectivity index (χ3n) is 3.43. The van der Waals surface area contributed by atoms with Crippen LogP contribution in [-0.4, -0.2) is 0 Å². The third kappa shape index (κ3) is 3.89. The molecular formula is C20H19NO. The molecule has 0 saturated heterocycles. The lowest BCUT2D eigenvalue weighted by Gasteiger charge is -2.10. The quantitative estimate of drug-likeness (QED) is 0.679. The van der Waals surface area contributed by atoms with Crippen LogP contribution in [-0.2, 0) is 6.54 Å². The highest BCUT2D eigenvalue weighted by molar-refractivity contribution is 5.49. The van der Waals surface area contributed by atoms with E-state index in [9.17, 15) is 0 Å². The van der Waals surface area contributed by atoms with Crippen LogP contribution in [0.2, 0.25) is 0 Å². The fourth-order valence-electron chi connectivity index (χ4n) is 2.21. The Bertz CT molecular complexity index is 720. The summed E-state index contributed by atoms with van der Waals surface area (Å²) in [4.78, 5) is 0. The summed E-state index contributed by atoms with van der Waals surface area (Å²) in [5, 5.41) is 3.42. The summed E-state index contributed by atoms with van der Waals surface area (Å²) >= 11 is 0. The van der Waals surface area contributed by atoms with Gasteiger partial charge >= 0.3 is 0 Å². The Hall–Kier alpha value is -2.74. The fraction of sp³-hybridized carbons (Fsp3) is 0.100. The molecule has 0 radical (unpaired) electrons. The summed E-state index contributed by atoms with van der Waals surface area (Å²) in [5.41, 5.74) is 3.53. The highest BCUT2D eigenvalue weighted by Crippen LogP contribution is 2.24. The second-order valence-corrected chi connectivity index (χ2v) is 5.28. The molecule has 22 heavy (non-hydrogen) atoms. The number of ether oxygens (including phenoxy) is 1. The molecule has 2 nitrogen and oxygen atoms in total. The molecule has 3 rings (SSSR count). The molecule has 0 aliphatic heterocycles. The first kappa shape index (κ1) is 14.2. The van der Waals surface area contributed by atoms with E-state index in [0.29, 0.717) is 0 Å². The van der Waals surface area contributed by atoms with Crippen LogP contribution in [0.3, 0.4) is 0 Å². The fourth-order valence-corrected chi connectivity index (χ4v) is 2.21. The summed E-state index contributed by atoms with van der Waals surface area (Å²) < 4.78 is 5.89. The molecular weight excluding hydrogens is 270 g/mol. The molecule has 0 amide bonds. The number of aryl methyl sites for hydroxylation is 1. The number of hydrogen-bond acceptors (Lipinski definition) is 2. The van der Waals surface area contributed by atoms with Crippen molar-refractivity contribution in [1.82, 2.24) is 0 Å². The van der Waals surface area contributed by atoms with Crippen LogP contribution in [0, 0.1) is 6.92 Å². The van der Waals surface area contributed by atoms with Crippen molar-refractivity contribution >= 4 is 5.69 Å². The summed E-state index contributed by atoms with van der Waals surface area (Å²) in [6, 6.07) is 26.4. The number of anilines is 1. The van der Waals surface area contributed by atoms with E-state index >= 15 is 0 Å². The largest absolute Gasteiger partial charge is 0.457 e. The van der Waals surface area contributed by atoms with Crippen molar-refractivity contribution in [3.8, 4) is 11.5 Å². The van der Waals surface area contributed by atoms with Crippen molar-refractivity contribution in [3.05, 3.63) is 90.0 Å². The van der Waals surface area contributed by atoms with E-state index in [2.05, 4.69) is 24.4 Å². The first-order chi connectivity index (χ1) is 10.8. The molecule has 110 valence electrons. The Morgan fingerprint density at radius 1 is 0.773 bits per heavy atom. The van der Waals surface area contributed by atoms with Crippen LogP contribution in [0.5, 0.6) is 11.5 Å². The van der Waals surface area contributed by atoms with E-state index < -0.39 is 0 Å². The lowest BCUT2D eigenvalue weighted by Crippen LogP contribution is -1.99. The third-order valence-corrected chi connectivity index (χ3v) is 3.43. The highest BCUT2D eigenvalue weighted by Gasteiger charge is 1.99. The smallest absolute Gasteiger partial charge is 0.129 e. The normalized spacial score (nSPS) is 10.2. The zero-order chi connectivity index (χ0) is 15.2. The van der Waals surface area contributed by atoms with Gasteiger partial charge in [0.2, 0.25) is 0 Å². The van der Waals surface area contributed by atoms with Gasteiger partial charge in [-0.15, -0.1) is 0 Å². The van der Waals surface area contributed by atoms with Gasteiger partial charge in [0.05, 0.1) is 0 Å². The Morgan fingerprint density at radius 3 is 2.32 bits per heavy atom. The Labute approximate surface area is 131 Å². The first-order valence-corrected chi connectivity index (χ1v) is 7.42. The van der Waals surface area contributed by atoms with Gasteiger partial charge in [-0.25, -0.2) is 0 Å². The van der Waals surface area contributed by atoms with E-state index in [1.54, 1.807) is 0 Å². The van der Waals surface area contributed by atoms with Crippen LogP contribution in [0.15, 0.2) is 78.9 Å². The van der Waals surface area contributed by atoms with Gasteiger partial charge < -0.3 is 10.1 Å². The highest BCUT2D eigenvalue weighted by atomic mass is 16.5. The van der Waals surface area contributed by atoms with Crippen molar-refractivity contribution in [1.29, 1.82) is 0 Å². The average Bonchev–Trinajstić information content (AvgIpc) is 2.57.